The molecule has 18 heavy (non-hydrogen) atoms. The van der Waals surface area contributed by atoms with Crippen molar-refractivity contribution in [1.82, 2.24) is 19.7 Å². The van der Waals surface area contributed by atoms with Gasteiger partial charge in [-0.1, -0.05) is 0 Å². The van der Waals surface area contributed by atoms with Gasteiger partial charge in [0.15, 0.2) is 5.16 Å². The van der Waals surface area contributed by atoms with Gasteiger partial charge in [0.1, 0.15) is 11.4 Å². The smallest absolute Gasteiger partial charge is 0.339 e. The molecule has 0 radical (unpaired) electrons. The van der Waals surface area contributed by atoms with Crippen molar-refractivity contribution >= 4 is 17.7 Å². The Morgan fingerprint density at radius 2 is 2.28 bits per heavy atom. The van der Waals surface area contributed by atoms with Crippen LogP contribution in [-0.2, 0) is 11.8 Å². The van der Waals surface area contributed by atoms with Crippen LogP contribution in [0.5, 0.6) is 0 Å². The molecule has 0 unspecified atom stereocenters. The van der Waals surface area contributed by atoms with E-state index in [0.717, 1.165) is 10.2 Å². The van der Waals surface area contributed by atoms with E-state index in [-0.39, 0.29) is 5.97 Å². The predicted molar refractivity (Wildman–Crippen MR) is 65.3 cm³/mol. The number of nitrogens with zero attached hydrogens (tertiary/aromatic N) is 4. The maximum Gasteiger partial charge on any atom is 0.339 e. The molecular formula is C11H12N4O2S. The average Bonchev–Trinajstić information content (AvgIpc) is 2.76. The highest BCUT2D eigenvalue weighted by molar-refractivity contribution is 7.99. The molecular weight excluding hydrogens is 252 g/mol. The highest BCUT2D eigenvalue weighted by atomic mass is 32.2. The zero-order valence-electron chi connectivity index (χ0n) is 10.0. The summed E-state index contributed by atoms with van der Waals surface area (Å²) in [5, 5.41) is 5.46. The Morgan fingerprint density at radius 3 is 2.83 bits per heavy atom. The summed E-state index contributed by atoms with van der Waals surface area (Å²) in [5.74, 6) is -0.361. The van der Waals surface area contributed by atoms with Gasteiger partial charge >= 0.3 is 5.97 Å². The molecule has 2 heterocycles. The summed E-state index contributed by atoms with van der Waals surface area (Å²) in [6.45, 7) is 2.12. The first-order chi connectivity index (χ1) is 8.70. The number of rotatable bonds is 4. The van der Waals surface area contributed by atoms with E-state index in [9.17, 15) is 4.79 Å². The molecule has 94 valence electrons. The largest absolute Gasteiger partial charge is 0.462 e. The summed E-state index contributed by atoms with van der Waals surface area (Å²) in [6.07, 6.45) is 2.98. The molecule has 2 aromatic heterocycles. The fourth-order valence-corrected chi connectivity index (χ4v) is 1.96. The number of hydrogen-bond donors (Lipinski definition) is 0. The van der Waals surface area contributed by atoms with Crippen molar-refractivity contribution in [2.75, 3.05) is 6.61 Å². The second-order valence-electron chi connectivity index (χ2n) is 3.37. The van der Waals surface area contributed by atoms with Gasteiger partial charge in [-0.2, -0.15) is 5.10 Å². The van der Waals surface area contributed by atoms with E-state index >= 15 is 0 Å². The zero-order chi connectivity index (χ0) is 13.0. The van der Waals surface area contributed by atoms with Crippen LogP contribution in [0.2, 0.25) is 0 Å². The lowest BCUT2D eigenvalue weighted by molar-refractivity contribution is 0.0525. The van der Waals surface area contributed by atoms with Crippen molar-refractivity contribution in [2.45, 2.75) is 17.1 Å². The molecule has 0 fully saturated rings. The van der Waals surface area contributed by atoms with Crippen LogP contribution < -0.4 is 0 Å². The van der Waals surface area contributed by atoms with Crippen molar-refractivity contribution in [3.8, 4) is 0 Å². The lowest BCUT2D eigenvalue weighted by atomic mass is 10.3. The third-order valence-corrected chi connectivity index (χ3v) is 3.12. The molecule has 6 nitrogen and oxygen atoms in total. The molecule has 0 saturated carbocycles. The lowest BCUT2D eigenvalue weighted by Gasteiger charge is -2.02. The summed E-state index contributed by atoms with van der Waals surface area (Å²) in [5.41, 5.74) is 0.444. The van der Waals surface area contributed by atoms with E-state index in [1.54, 1.807) is 23.7 Å². The van der Waals surface area contributed by atoms with E-state index in [1.165, 1.54) is 24.3 Å². The molecule has 2 rings (SSSR count). The molecule has 0 N–H and O–H groups in total. The van der Waals surface area contributed by atoms with Crippen LogP contribution >= 0.6 is 11.8 Å². The molecule has 0 amide bonds. The van der Waals surface area contributed by atoms with E-state index in [4.69, 9.17) is 4.74 Å². The number of aromatic nitrogens is 4. The van der Waals surface area contributed by atoms with Crippen LogP contribution in [-0.4, -0.2) is 32.3 Å². The Bertz CT molecular complexity index is 538. The van der Waals surface area contributed by atoms with Gasteiger partial charge in [0.05, 0.1) is 12.2 Å². The van der Waals surface area contributed by atoms with Crippen LogP contribution in [0, 0.1) is 0 Å². The Balaban J connectivity index is 2.08. The van der Waals surface area contributed by atoms with E-state index in [0.29, 0.717) is 12.2 Å². The van der Waals surface area contributed by atoms with Gasteiger partial charge in [0, 0.05) is 13.2 Å². The van der Waals surface area contributed by atoms with Crippen LogP contribution in [0.25, 0.3) is 0 Å². The minimum Gasteiger partial charge on any atom is -0.462 e. The number of carbonyl (C=O) groups excluding carboxylic acids is 1. The third kappa shape index (κ3) is 2.86. The third-order valence-electron chi connectivity index (χ3n) is 2.11. The minimum absolute atomic E-state index is 0.355. The fourth-order valence-electron chi connectivity index (χ4n) is 1.25. The number of esters is 1. The van der Waals surface area contributed by atoms with Gasteiger partial charge in [0.2, 0.25) is 0 Å². The average molecular weight is 264 g/mol. The van der Waals surface area contributed by atoms with Crippen molar-refractivity contribution in [3.63, 3.8) is 0 Å². The first-order valence-corrected chi connectivity index (χ1v) is 6.17. The first kappa shape index (κ1) is 12.6. The normalized spacial score (nSPS) is 10.3. The van der Waals surface area contributed by atoms with Crippen LogP contribution in [0.3, 0.4) is 0 Å². The fraction of sp³-hybridized carbons (Fsp3) is 0.273. The molecule has 0 aliphatic heterocycles. The molecule has 0 atom stereocenters. The summed E-state index contributed by atoms with van der Waals surface area (Å²) >= 11 is 1.38. The van der Waals surface area contributed by atoms with E-state index < -0.39 is 0 Å². The molecule has 0 bridgehead atoms. The van der Waals surface area contributed by atoms with Crippen LogP contribution in [0.1, 0.15) is 17.3 Å². The molecule has 0 spiro atoms. The van der Waals surface area contributed by atoms with Gasteiger partial charge in [0.25, 0.3) is 0 Å². The van der Waals surface area contributed by atoms with Gasteiger partial charge in [-0.25, -0.2) is 19.4 Å². The minimum atomic E-state index is -0.361. The SMILES string of the molecule is CCOC(=O)c1ccc(Sc2ncnn2C)nc1. The molecule has 0 aromatic carbocycles. The van der Waals surface area contributed by atoms with Crippen LogP contribution in [0.15, 0.2) is 34.8 Å². The number of hydrogen-bond acceptors (Lipinski definition) is 6. The number of pyridine rings is 1. The Kier molecular flexibility index (Phi) is 3.93. The van der Waals surface area contributed by atoms with Crippen molar-refractivity contribution in [2.24, 2.45) is 7.05 Å². The molecule has 0 saturated heterocycles. The van der Waals surface area contributed by atoms with Gasteiger partial charge in [-0.15, -0.1) is 0 Å². The van der Waals surface area contributed by atoms with Gasteiger partial charge in [-0.3, -0.25) is 0 Å². The van der Waals surface area contributed by atoms with E-state index in [1.807, 2.05) is 7.05 Å². The number of aryl methyl sites for hydroxylation is 1. The van der Waals surface area contributed by atoms with Crippen LogP contribution in [0.4, 0.5) is 0 Å². The summed E-state index contributed by atoms with van der Waals surface area (Å²) in [7, 11) is 1.81. The Hall–Kier alpha value is -1.89. The Morgan fingerprint density at radius 1 is 1.44 bits per heavy atom. The second kappa shape index (κ2) is 5.63. The summed E-state index contributed by atoms with van der Waals surface area (Å²) < 4.78 is 6.54. The quantitative estimate of drug-likeness (QED) is 0.780. The first-order valence-electron chi connectivity index (χ1n) is 5.35. The van der Waals surface area contributed by atoms with Gasteiger partial charge < -0.3 is 4.74 Å². The monoisotopic (exact) mass is 264 g/mol. The molecule has 0 aliphatic rings. The molecule has 7 heteroatoms. The second-order valence-corrected chi connectivity index (χ2v) is 4.36. The van der Waals surface area contributed by atoms with E-state index in [2.05, 4.69) is 15.1 Å². The number of ether oxygens (including phenoxy) is 1. The number of carbonyl (C=O) groups is 1. The summed E-state index contributed by atoms with van der Waals surface area (Å²) in [4.78, 5) is 19.7. The topological polar surface area (TPSA) is 69.9 Å². The highest BCUT2D eigenvalue weighted by Gasteiger charge is 2.08. The zero-order valence-corrected chi connectivity index (χ0v) is 10.8. The Labute approximate surface area is 108 Å². The van der Waals surface area contributed by atoms with Crippen molar-refractivity contribution in [1.29, 1.82) is 0 Å². The maximum absolute atomic E-state index is 11.4. The van der Waals surface area contributed by atoms with Crippen molar-refractivity contribution in [3.05, 3.63) is 30.2 Å². The predicted octanol–water partition coefficient (Wildman–Crippen LogP) is 1.54. The van der Waals surface area contributed by atoms with Crippen molar-refractivity contribution < 1.29 is 9.53 Å². The standard InChI is InChI=1S/C11H12N4O2S/c1-3-17-10(16)8-4-5-9(12-6-8)18-11-13-7-14-15(11)2/h4-7H,3H2,1-2H3. The molecule has 0 aliphatic carbocycles. The van der Waals surface area contributed by atoms with Gasteiger partial charge in [-0.05, 0) is 30.8 Å². The maximum atomic E-state index is 11.4. The highest BCUT2D eigenvalue weighted by Crippen LogP contribution is 2.22. The molecule has 2 aromatic rings. The lowest BCUT2D eigenvalue weighted by Crippen LogP contribution is -2.04. The summed E-state index contributed by atoms with van der Waals surface area (Å²) in [6, 6.07) is 3.44.